The molecule has 0 heterocycles. The maximum Gasteiger partial charge on any atom is 0.358 e. The Morgan fingerprint density at radius 2 is 1.75 bits per heavy atom. The van der Waals surface area contributed by atoms with Gasteiger partial charge in [0.2, 0.25) is 0 Å². The Morgan fingerprint density at radius 3 is 2.25 bits per heavy atom. The highest BCUT2D eigenvalue weighted by Gasteiger charge is 2.14. The van der Waals surface area contributed by atoms with Crippen molar-refractivity contribution in [2.45, 2.75) is 31.6 Å². The molecule has 0 fully saturated rings. The van der Waals surface area contributed by atoms with Gasteiger partial charge in [-0.3, -0.25) is 4.28 Å². The van der Waals surface area contributed by atoms with E-state index in [9.17, 15) is 8.42 Å². The van der Waals surface area contributed by atoms with E-state index < -0.39 is 10.1 Å². The third kappa shape index (κ3) is 3.34. The standard InChI is InChI=1S/C11H15NO3S/c1-3-10(4-2)12-15-16(13,14)11-8-6-5-7-9-11/h5-9H,3-4H2,1-2H3. The lowest BCUT2D eigenvalue weighted by Gasteiger charge is -2.02. The highest BCUT2D eigenvalue weighted by Crippen LogP contribution is 2.12. The molecule has 0 aromatic heterocycles. The summed E-state index contributed by atoms with van der Waals surface area (Å²) in [5.74, 6) is 0. The first-order valence-corrected chi connectivity index (χ1v) is 6.55. The van der Waals surface area contributed by atoms with Crippen LogP contribution in [-0.2, 0) is 14.4 Å². The van der Waals surface area contributed by atoms with E-state index in [1.165, 1.54) is 12.1 Å². The maximum absolute atomic E-state index is 11.6. The summed E-state index contributed by atoms with van der Waals surface area (Å²) in [6, 6.07) is 7.97. The molecule has 16 heavy (non-hydrogen) atoms. The lowest BCUT2D eigenvalue weighted by atomic mass is 10.2. The SMILES string of the molecule is CCC(CC)=NOS(=O)(=O)c1ccccc1. The van der Waals surface area contributed by atoms with Crippen molar-refractivity contribution in [3.63, 3.8) is 0 Å². The van der Waals surface area contributed by atoms with Crippen LogP contribution in [0.1, 0.15) is 26.7 Å². The summed E-state index contributed by atoms with van der Waals surface area (Å²) in [6.45, 7) is 3.81. The van der Waals surface area contributed by atoms with Crippen molar-refractivity contribution in [2.24, 2.45) is 5.16 Å². The zero-order chi connectivity index (χ0) is 12.0. The first-order valence-electron chi connectivity index (χ1n) is 5.14. The van der Waals surface area contributed by atoms with E-state index in [1.54, 1.807) is 18.2 Å². The molecule has 88 valence electrons. The van der Waals surface area contributed by atoms with Gasteiger partial charge >= 0.3 is 10.1 Å². The van der Waals surface area contributed by atoms with Gasteiger partial charge in [-0.05, 0) is 25.0 Å². The van der Waals surface area contributed by atoms with Gasteiger partial charge in [0.1, 0.15) is 4.90 Å². The Hall–Kier alpha value is -1.36. The number of oxime groups is 1. The van der Waals surface area contributed by atoms with Crippen molar-refractivity contribution in [1.82, 2.24) is 0 Å². The average molecular weight is 241 g/mol. The van der Waals surface area contributed by atoms with Gasteiger partial charge in [-0.25, -0.2) is 0 Å². The van der Waals surface area contributed by atoms with Gasteiger partial charge < -0.3 is 0 Å². The second-order valence-corrected chi connectivity index (χ2v) is 4.74. The lowest BCUT2D eigenvalue weighted by molar-refractivity contribution is 0.337. The molecule has 0 atom stereocenters. The summed E-state index contributed by atoms with van der Waals surface area (Å²) in [5.41, 5.74) is 0.722. The highest BCUT2D eigenvalue weighted by atomic mass is 32.2. The minimum atomic E-state index is -3.76. The Balaban J connectivity index is 2.85. The minimum absolute atomic E-state index is 0.116. The molecular weight excluding hydrogens is 226 g/mol. The minimum Gasteiger partial charge on any atom is -0.265 e. The summed E-state index contributed by atoms with van der Waals surface area (Å²) < 4.78 is 27.9. The Morgan fingerprint density at radius 1 is 1.19 bits per heavy atom. The van der Waals surface area contributed by atoms with Crippen molar-refractivity contribution in [3.8, 4) is 0 Å². The summed E-state index contributed by atoms with van der Waals surface area (Å²) in [5, 5.41) is 3.64. The molecular formula is C11H15NO3S. The number of nitrogens with zero attached hydrogens (tertiary/aromatic N) is 1. The molecule has 1 rings (SSSR count). The predicted molar refractivity (Wildman–Crippen MR) is 62.7 cm³/mol. The third-order valence-electron chi connectivity index (χ3n) is 2.11. The number of hydrogen-bond acceptors (Lipinski definition) is 4. The van der Waals surface area contributed by atoms with E-state index in [-0.39, 0.29) is 4.90 Å². The van der Waals surface area contributed by atoms with Gasteiger partial charge in [-0.2, -0.15) is 8.42 Å². The molecule has 0 bridgehead atoms. The summed E-state index contributed by atoms with van der Waals surface area (Å²) in [4.78, 5) is 0.116. The third-order valence-corrected chi connectivity index (χ3v) is 3.23. The van der Waals surface area contributed by atoms with E-state index in [0.29, 0.717) is 12.8 Å². The molecule has 0 amide bonds. The van der Waals surface area contributed by atoms with E-state index >= 15 is 0 Å². The topological polar surface area (TPSA) is 55.7 Å². The lowest BCUT2D eigenvalue weighted by Crippen LogP contribution is -2.04. The van der Waals surface area contributed by atoms with Gasteiger partial charge in [0.05, 0.1) is 5.71 Å². The predicted octanol–water partition coefficient (Wildman–Crippen LogP) is 2.57. The van der Waals surface area contributed by atoms with Gasteiger partial charge in [-0.15, -0.1) is 0 Å². The molecule has 0 N–H and O–H groups in total. The molecule has 0 unspecified atom stereocenters. The zero-order valence-corrected chi connectivity index (χ0v) is 10.2. The first kappa shape index (κ1) is 12.7. The van der Waals surface area contributed by atoms with Gasteiger partial charge in [0.15, 0.2) is 0 Å². The molecule has 1 aromatic carbocycles. The van der Waals surface area contributed by atoms with Crippen LogP contribution < -0.4 is 0 Å². The van der Waals surface area contributed by atoms with Gasteiger partial charge in [0.25, 0.3) is 0 Å². The van der Waals surface area contributed by atoms with Gasteiger partial charge in [-0.1, -0.05) is 37.2 Å². The van der Waals surface area contributed by atoms with Crippen LogP contribution in [0.4, 0.5) is 0 Å². The number of benzene rings is 1. The first-order chi connectivity index (χ1) is 7.60. The van der Waals surface area contributed by atoms with Crippen molar-refractivity contribution >= 4 is 15.8 Å². The monoisotopic (exact) mass is 241 g/mol. The molecule has 0 saturated carbocycles. The summed E-state index contributed by atoms with van der Waals surface area (Å²) >= 11 is 0. The molecule has 0 aliphatic carbocycles. The normalized spacial score (nSPS) is 10.9. The molecule has 0 radical (unpaired) electrons. The van der Waals surface area contributed by atoms with Crippen molar-refractivity contribution in [1.29, 1.82) is 0 Å². The van der Waals surface area contributed by atoms with E-state index in [2.05, 4.69) is 9.44 Å². The van der Waals surface area contributed by atoms with Crippen LogP contribution in [0.3, 0.4) is 0 Å². The van der Waals surface area contributed by atoms with E-state index in [4.69, 9.17) is 0 Å². The quantitative estimate of drug-likeness (QED) is 0.588. The zero-order valence-electron chi connectivity index (χ0n) is 9.38. The molecule has 0 saturated heterocycles. The van der Waals surface area contributed by atoms with Crippen LogP contribution >= 0.6 is 0 Å². The largest absolute Gasteiger partial charge is 0.358 e. The molecule has 4 nitrogen and oxygen atoms in total. The summed E-state index contributed by atoms with van der Waals surface area (Å²) in [6.07, 6.45) is 1.36. The molecule has 1 aromatic rings. The van der Waals surface area contributed by atoms with Crippen LogP contribution in [0.25, 0.3) is 0 Å². The van der Waals surface area contributed by atoms with E-state index in [1.807, 2.05) is 13.8 Å². The Labute approximate surface area is 96.1 Å². The number of rotatable bonds is 5. The van der Waals surface area contributed by atoms with Gasteiger partial charge in [0, 0.05) is 0 Å². The Kier molecular flexibility index (Phi) is 4.49. The van der Waals surface area contributed by atoms with Crippen LogP contribution in [0, 0.1) is 0 Å². The highest BCUT2D eigenvalue weighted by molar-refractivity contribution is 7.86. The average Bonchev–Trinajstić information content (AvgIpc) is 2.31. The molecule has 5 heteroatoms. The van der Waals surface area contributed by atoms with Crippen molar-refractivity contribution < 1.29 is 12.7 Å². The summed E-state index contributed by atoms with van der Waals surface area (Å²) in [7, 11) is -3.76. The van der Waals surface area contributed by atoms with Crippen LogP contribution in [0.15, 0.2) is 40.4 Å². The maximum atomic E-state index is 11.6. The van der Waals surface area contributed by atoms with Crippen molar-refractivity contribution in [2.75, 3.05) is 0 Å². The Bertz CT molecular complexity index is 445. The number of hydrogen-bond donors (Lipinski definition) is 0. The van der Waals surface area contributed by atoms with Crippen molar-refractivity contribution in [3.05, 3.63) is 30.3 Å². The fourth-order valence-electron chi connectivity index (χ4n) is 1.11. The van der Waals surface area contributed by atoms with Crippen LogP contribution in [-0.4, -0.2) is 14.1 Å². The van der Waals surface area contributed by atoms with E-state index in [0.717, 1.165) is 5.71 Å². The molecule has 0 aliphatic heterocycles. The fourth-order valence-corrected chi connectivity index (χ4v) is 1.89. The fraction of sp³-hybridized carbons (Fsp3) is 0.364. The molecule has 0 aliphatic rings. The smallest absolute Gasteiger partial charge is 0.265 e. The second-order valence-electron chi connectivity index (χ2n) is 3.21. The second kappa shape index (κ2) is 5.65. The van der Waals surface area contributed by atoms with Crippen LogP contribution in [0.5, 0.6) is 0 Å². The van der Waals surface area contributed by atoms with Crippen LogP contribution in [0.2, 0.25) is 0 Å². The molecule has 0 spiro atoms.